The van der Waals surface area contributed by atoms with Crippen molar-refractivity contribution in [2.24, 2.45) is 13.0 Å². The SMILES string of the molecule is C[C@H]1CCCC[C@H]1OCCNS(=O)(=O)c1cnn(C)c1. The molecule has 1 aliphatic carbocycles. The fraction of sp³-hybridized carbons (Fsp3) is 0.769. The lowest BCUT2D eigenvalue weighted by Gasteiger charge is -2.28. The van der Waals surface area contributed by atoms with E-state index >= 15 is 0 Å². The minimum Gasteiger partial charge on any atom is -0.377 e. The Kier molecular flexibility index (Phi) is 5.17. The van der Waals surface area contributed by atoms with Gasteiger partial charge in [-0.3, -0.25) is 4.68 Å². The molecule has 1 heterocycles. The Hall–Kier alpha value is -0.920. The van der Waals surface area contributed by atoms with E-state index in [9.17, 15) is 8.42 Å². The van der Waals surface area contributed by atoms with Crippen LogP contribution in [0.3, 0.4) is 0 Å². The molecule has 1 aromatic rings. The van der Waals surface area contributed by atoms with Gasteiger partial charge in [0.2, 0.25) is 10.0 Å². The van der Waals surface area contributed by atoms with Crippen LogP contribution in [0.25, 0.3) is 0 Å². The maximum atomic E-state index is 11.9. The summed E-state index contributed by atoms with van der Waals surface area (Å²) in [6.07, 6.45) is 7.85. The smallest absolute Gasteiger partial charge is 0.243 e. The second-order valence-electron chi connectivity index (χ2n) is 5.42. The second kappa shape index (κ2) is 6.69. The van der Waals surface area contributed by atoms with Crippen LogP contribution in [0.4, 0.5) is 0 Å². The van der Waals surface area contributed by atoms with Crippen molar-refractivity contribution in [1.82, 2.24) is 14.5 Å². The standard InChI is InChI=1S/C13H23N3O3S/c1-11-5-3-4-6-13(11)19-8-7-15-20(17,18)12-9-14-16(2)10-12/h9-11,13,15H,3-8H2,1-2H3/t11-,13+/m0/s1. The Morgan fingerprint density at radius 1 is 1.45 bits per heavy atom. The topological polar surface area (TPSA) is 73.2 Å². The molecule has 0 unspecified atom stereocenters. The predicted molar refractivity (Wildman–Crippen MR) is 75.8 cm³/mol. The molecule has 0 saturated heterocycles. The Bertz CT molecular complexity index is 527. The van der Waals surface area contributed by atoms with Gasteiger partial charge in [-0.15, -0.1) is 0 Å². The third kappa shape index (κ3) is 4.04. The van der Waals surface area contributed by atoms with Crippen molar-refractivity contribution in [3.63, 3.8) is 0 Å². The summed E-state index contributed by atoms with van der Waals surface area (Å²) in [5.41, 5.74) is 0. The van der Waals surface area contributed by atoms with Crippen molar-refractivity contribution in [1.29, 1.82) is 0 Å². The summed E-state index contributed by atoms with van der Waals surface area (Å²) in [6.45, 7) is 2.90. The molecule has 1 N–H and O–H groups in total. The lowest BCUT2D eigenvalue weighted by molar-refractivity contribution is -0.00176. The molecule has 1 aliphatic rings. The van der Waals surface area contributed by atoms with Gasteiger partial charge < -0.3 is 4.74 Å². The van der Waals surface area contributed by atoms with Crippen molar-refractivity contribution < 1.29 is 13.2 Å². The van der Waals surface area contributed by atoms with Crippen LogP contribution >= 0.6 is 0 Å². The molecule has 0 radical (unpaired) electrons. The number of hydrogen-bond acceptors (Lipinski definition) is 4. The van der Waals surface area contributed by atoms with Gasteiger partial charge in [0.15, 0.2) is 0 Å². The van der Waals surface area contributed by atoms with E-state index in [2.05, 4.69) is 16.7 Å². The number of ether oxygens (including phenoxy) is 1. The third-order valence-corrected chi connectivity index (χ3v) is 5.17. The number of aryl methyl sites for hydroxylation is 1. The minimum absolute atomic E-state index is 0.186. The monoisotopic (exact) mass is 301 g/mol. The molecule has 114 valence electrons. The normalized spacial score (nSPS) is 23.9. The maximum Gasteiger partial charge on any atom is 0.243 e. The number of sulfonamides is 1. The molecular weight excluding hydrogens is 278 g/mol. The molecule has 0 amide bonds. The number of rotatable bonds is 6. The maximum absolute atomic E-state index is 11.9. The zero-order valence-electron chi connectivity index (χ0n) is 12.1. The highest BCUT2D eigenvalue weighted by molar-refractivity contribution is 7.89. The van der Waals surface area contributed by atoms with E-state index in [1.165, 1.54) is 36.3 Å². The number of nitrogens with zero attached hydrogens (tertiary/aromatic N) is 2. The van der Waals surface area contributed by atoms with Crippen LogP contribution in [0.2, 0.25) is 0 Å². The summed E-state index contributed by atoms with van der Waals surface area (Å²) in [7, 11) is -1.78. The molecule has 1 fully saturated rings. The van der Waals surface area contributed by atoms with Crippen LogP contribution in [0, 0.1) is 5.92 Å². The quantitative estimate of drug-likeness (QED) is 0.804. The van der Waals surface area contributed by atoms with Gasteiger partial charge in [-0.25, -0.2) is 13.1 Å². The fourth-order valence-electron chi connectivity index (χ4n) is 2.54. The third-order valence-electron chi connectivity index (χ3n) is 3.75. The van der Waals surface area contributed by atoms with E-state index in [0.29, 0.717) is 19.1 Å². The highest BCUT2D eigenvalue weighted by Crippen LogP contribution is 2.25. The van der Waals surface area contributed by atoms with E-state index < -0.39 is 10.0 Å². The van der Waals surface area contributed by atoms with Gasteiger partial charge in [0.05, 0.1) is 18.9 Å². The van der Waals surface area contributed by atoms with Crippen molar-refractivity contribution in [2.75, 3.05) is 13.2 Å². The molecular formula is C13H23N3O3S. The van der Waals surface area contributed by atoms with E-state index in [1.807, 2.05) is 0 Å². The van der Waals surface area contributed by atoms with Gasteiger partial charge in [-0.2, -0.15) is 5.10 Å². The van der Waals surface area contributed by atoms with E-state index in [0.717, 1.165) is 6.42 Å². The Labute approximate surface area is 120 Å². The molecule has 1 saturated carbocycles. The average Bonchev–Trinajstić information content (AvgIpc) is 2.84. The van der Waals surface area contributed by atoms with Crippen LogP contribution in [0.1, 0.15) is 32.6 Å². The zero-order valence-corrected chi connectivity index (χ0v) is 12.9. The zero-order chi connectivity index (χ0) is 14.6. The van der Waals surface area contributed by atoms with Gasteiger partial charge in [-0.1, -0.05) is 19.8 Å². The van der Waals surface area contributed by atoms with Gasteiger partial charge in [0, 0.05) is 19.8 Å². The van der Waals surface area contributed by atoms with Gasteiger partial charge in [0.1, 0.15) is 4.90 Å². The number of hydrogen-bond donors (Lipinski definition) is 1. The van der Waals surface area contributed by atoms with Crippen LogP contribution < -0.4 is 4.72 Å². The van der Waals surface area contributed by atoms with Crippen LogP contribution in [-0.4, -0.2) is 37.5 Å². The van der Waals surface area contributed by atoms with Crippen LogP contribution in [-0.2, 0) is 21.8 Å². The lowest BCUT2D eigenvalue weighted by atomic mass is 9.88. The first kappa shape index (κ1) is 15.5. The van der Waals surface area contributed by atoms with Gasteiger partial charge in [0.25, 0.3) is 0 Å². The molecule has 2 rings (SSSR count). The molecule has 0 aromatic carbocycles. The molecule has 0 aliphatic heterocycles. The van der Waals surface area contributed by atoms with Crippen molar-refractivity contribution in [2.45, 2.75) is 43.6 Å². The molecule has 0 spiro atoms. The highest BCUT2D eigenvalue weighted by atomic mass is 32.2. The summed E-state index contributed by atoms with van der Waals surface area (Å²) in [4.78, 5) is 0.186. The summed E-state index contributed by atoms with van der Waals surface area (Å²) in [5.74, 6) is 0.568. The number of aromatic nitrogens is 2. The van der Waals surface area contributed by atoms with E-state index in [4.69, 9.17) is 4.74 Å². The Morgan fingerprint density at radius 2 is 2.20 bits per heavy atom. The first-order valence-corrected chi connectivity index (χ1v) is 8.57. The van der Waals surface area contributed by atoms with Gasteiger partial charge >= 0.3 is 0 Å². The minimum atomic E-state index is -3.47. The van der Waals surface area contributed by atoms with E-state index in [-0.39, 0.29) is 11.0 Å². The molecule has 2 atom stereocenters. The highest BCUT2D eigenvalue weighted by Gasteiger charge is 2.22. The Balaban J connectivity index is 1.75. The van der Waals surface area contributed by atoms with E-state index in [1.54, 1.807) is 7.05 Å². The Morgan fingerprint density at radius 3 is 2.85 bits per heavy atom. The average molecular weight is 301 g/mol. The first-order valence-electron chi connectivity index (χ1n) is 7.09. The molecule has 6 nitrogen and oxygen atoms in total. The van der Waals surface area contributed by atoms with Crippen LogP contribution in [0.5, 0.6) is 0 Å². The first-order chi connectivity index (χ1) is 9.49. The van der Waals surface area contributed by atoms with Gasteiger partial charge in [-0.05, 0) is 18.8 Å². The lowest BCUT2D eigenvalue weighted by Crippen LogP contribution is -2.31. The van der Waals surface area contributed by atoms with Crippen molar-refractivity contribution in [3.05, 3.63) is 12.4 Å². The van der Waals surface area contributed by atoms with Crippen LogP contribution in [0.15, 0.2) is 17.3 Å². The molecule has 1 aromatic heterocycles. The fourth-order valence-corrected chi connectivity index (χ4v) is 3.53. The summed E-state index contributed by atoms with van der Waals surface area (Å²) >= 11 is 0. The van der Waals surface area contributed by atoms with Crippen molar-refractivity contribution >= 4 is 10.0 Å². The predicted octanol–water partition coefficient (Wildman–Crippen LogP) is 1.29. The summed E-state index contributed by atoms with van der Waals surface area (Å²) in [6, 6.07) is 0. The van der Waals surface area contributed by atoms with Crippen molar-refractivity contribution in [3.8, 4) is 0 Å². The summed E-state index contributed by atoms with van der Waals surface area (Å²) in [5, 5.41) is 3.86. The molecule has 20 heavy (non-hydrogen) atoms. The second-order valence-corrected chi connectivity index (χ2v) is 7.19. The number of nitrogens with one attached hydrogen (secondary N) is 1. The molecule has 7 heteroatoms. The largest absolute Gasteiger partial charge is 0.377 e. The summed E-state index contributed by atoms with van der Waals surface area (Å²) < 4.78 is 33.7. The molecule has 0 bridgehead atoms.